The lowest BCUT2D eigenvalue weighted by atomic mass is 9.93. The Labute approximate surface area is 175 Å². The van der Waals surface area contributed by atoms with Crippen molar-refractivity contribution in [2.75, 3.05) is 25.1 Å². The van der Waals surface area contributed by atoms with E-state index < -0.39 is 51.0 Å². The summed E-state index contributed by atoms with van der Waals surface area (Å²) in [6, 6.07) is 2.89. The third-order valence-corrected chi connectivity index (χ3v) is 5.62. The summed E-state index contributed by atoms with van der Waals surface area (Å²) in [6.07, 6.45) is 0.741. The minimum atomic E-state index is -3.36. The number of carbonyl (C=O) groups excluding carboxylic acids is 2. The molecule has 0 bridgehead atoms. The molecule has 1 aromatic rings. The number of carbonyl (C=O) groups is 2. The molecule has 1 heterocycles. The summed E-state index contributed by atoms with van der Waals surface area (Å²) < 4.78 is 56.4. The van der Waals surface area contributed by atoms with E-state index in [2.05, 4.69) is 5.32 Å². The zero-order valence-electron chi connectivity index (χ0n) is 17.6. The SMILES string of the molecule is CC(C)(C)OC(=O)N[C@@H]1CC[C@@H](c2cccc(F)c2F)CN(CCS(C)(=O)=O)C1=O. The van der Waals surface area contributed by atoms with Gasteiger partial charge in [-0.05, 0) is 45.2 Å². The van der Waals surface area contributed by atoms with Gasteiger partial charge < -0.3 is 15.0 Å². The first kappa shape index (κ1) is 24.0. The van der Waals surface area contributed by atoms with E-state index in [9.17, 15) is 26.8 Å². The van der Waals surface area contributed by atoms with E-state index in [-0.39, 0.29) is 30.8 Å². The molecular formula is C20H28F2N2O5S. The van der Waals surface area contributed by atoms with Gasteiger partial charge in [0.25, 0.3) is 0 Å². The first-order valence-electron chi connectivity index (χ1n) is 9.67. The number of benzene rings is 1. The molecule has 1 saturated heterocycles. The highest BCUT2D eigenvalue weighted by Gasteiger charge is 2.35. The van der Waals surface area contributed by atoms with Gasteiger partial charge in [-0.2, -0.15) is 0 Å². The fourth-order valence-electron chi connectivity index (χ4n) is 3.31. The van der Waals surface area contributed by atoms with E-state index in [1.807, 2.05) is 0 Å². The van der Waals surface area contributed by atoms with E-state index in [1.54, 1.807) is 20.8 Å². The van der Waals surface area contributed by atoms with Gasteiger partial charge in [0.15, 0.2) is 11.6 Å². The molecule has 0 unspecified atom stereocenters. The van der Waals surface area contributed by atoms with E-state index >= 15 is 0 Å². The monoisotopic (exact) mass is 446 g/mol. The van der Waals surface area contributed by atoms with Crippen LogP contribution in [-0.2, 0) is 19.4 Å². The van der Waals surface area contributed by atoms with Crippen molar-refractivity contribution in [3.8, 4) is 0 Å². The maximum atomic E-state index is 14.3. The number of halogens is 2. The van der Waals surface area contributed by atoms with Crippen molar-refractivity contribution in [3.05, 3.63) is 35.4 Å². The number of nitrogens with one attached hydrogen (secondary N) is 1. The van der Waals surface area contributed by atoms with Crippen LogP contribution in [0.3, 0.4) is 0 Å². The Kier molecular flexibility index (Phi) is 7.44. The Morgan fingerprint density at radius 3 is 2.53 bits per heavy atom. The number of hydrogen-bond donors (Lipinski definition) is 1. The molecule has 0 saturated carbocycles. The zero-order valence-corrected chi connectivity index (χ0v) is 18.4. The van der Waals surface area contributed by atoms with Gasteiger partial charge >= 0.3 is 6.09 Å². The first-order valence-corrected chi connectivity index (χ1v) is 11.7. The fraction of sp³-hybridized carbons (Fsp3) is 0.600. The quantitative estimate of drug-likeness (QED) is 0.751. The number of alkyl carbamates (subject to hydrolysis) is 1. The lowest BCUT2D eigenvalue weighted by molar-refractivity contribution is -0.132. The highest BCUT2D eigenvalue weighted by Crippen LogP contribution is 2.30. The van der Waals surface area contributed by atoms with E-state index in [0.717, 1.165) is 12.3 Å². The maximum absolute atomic E-state index is 14.3. The number of ether oxygens (including phenoxy) is 1. The number of sulfone groups is 1. The molecule has 7 nitrogen and oxygen atoms in total. The molecule has 2 rings (SSSR count). The molecule has 168 valence electrons. The number of rotatable bonds is 5. The minimum Gasteiger partial charge on any atom is -0.444 e. The standard InChI is InChI=1S/C20H28F2N2O5S/c1-20(2,3)29-19(26)23-16-9-8-13(14-6-5-7-15(21)17(14)22)12-24(18(16)25)10-11-30(4,27)28/h5-7,13,16H,8-12H2,1-4H3,(H,23,26)/t13-,16-/m1/s1. The molecule has 1 N–H and O–H groups in total. The Balaban J connectivity index is 2.27. The molecular weight excluding hydrogens is 418 g/mol. The molecule has 0 spiro atoms. The van der Waals surface area contributed by atoms with Gasteiger partial charge in [-0.1, -0.05) is 12.1 Å². The van der Waals surface area contributed by atoms with Crippen LogP contribution in [0.15, 0.2) is 18.2 Å². The van der Waals surface area contributed by atoms with Crippen molar-refractivity contribution in [1.29, 1.82) is 0 Å². The topological polar surface area (TPSA) is 92.8 Å². The second-order valence-electron chi connectivity index (χ2n) is 8.53. The number of nitrogens with zero attached hydrogens (tertiary/aromatic N) is 1. The molecule has 30 heavy (non-hydrogen) atoms. The molecule has 2 atom stereocenters. The molecule has 0 aromatic heterocycles. The maximum Gasteiger partial charge on any atom is 0.408 e. The first-order chi connectivity index (χ1) is 13.8. The average Bonchev–Trinajstić information content (AvgIpc) is 2.73. The van der Waals surface area contributed by atoms with Crippen LogP contribution in [0.2, 0.25) is 0 Å². The second kappa shape index (κ2) is 9.28. The molecule has 1 aliphatic heterocycles. The van der Waals surface area contributed by atoms with Crippen molar-refractivity contribution < 1.29 is 31.5 Å². The predicted octanol–water partition coefficient (Wildman–Crippen LogP) is 2.61. The molecule has 1 aromatic carbocycles. The van der Waals surface area contributed by atoms with Gasteiger partial charge in [-0.3, -0.25) is 4.79 Å². The molecule has 1 fully saturated rings. The van der Waals surface area contributed by atoms with Gasteiger partial charge in [-0.15, -0.1) is 0 Å². The number of likely N-dealkylation sites (tertiary alicyclic amines) is 1. The minimum absolute atomic E-state index is 0.0151. The van der Waals surface area contributed by atoms with Crippen molar-refractivity contribution in [1.82, 2.24) is 10.2 Å². The van der Waals surface area contributed by atoms with Crippen LogP contribution >= 0.6 is 0 Å². The normalized spacial score (nSPS) is 20.6. The van der Waals surface area contributed by atoms with E-state index in [0.29, 0.717) is 6.42 Å². The van der Waals surface area contributed by atoms with Gasteiger partial charge in [0.2, 0.25) is 5.91 Å². The lowest BCUT2D eigenvalue weighted by Crippen LogP contribution is -2.49. The van der Waals surface area contributed by atoms with Gasteiger partial charge in [0.05, 0.1) is 5.75 Å². The highest BCUT2D eigenvalue weighted by atomic mass is 32.2. The van der Waals surface area contributed by atoms with Crippen LogP contribution in [0.4, 0.5) is 13.6 Å². The summed E-state index contributed by atoms with van der Waals surface area (Å²) in [5.41, 5.74) is -0.647. The van der Waals surface area contributed by atoms with Crippen LogP contribution in [0.5, 0.6) is 0 Å². The second-order valence-corrected chi connectivity index (χ2v) is 10.8. The zero-order chi connectivity index (χ0) is 22.7. The van der Waals surface area contributed by atoms with E-state index in [1.165, 1.54) is 17.0 Å². The van der Waals surface area contributed by atoms with E-state index in [4.69, 9.17) is 4.74 Å². The lowest BCUT2D eigenvalue weighted by Gasteiger charge is -2.27. The summed E-state index contributed by atoms with van der Waals surface area (Å²) in [6.45, 7) is 4.95. The number of hydrogen-bond acceptors (Lipinski definition) is 5. The Morgan fingerprint density at radius 2 is 1.93 bits per heavy atom. The smallest absolute Gasteiger partial charge is 0.408 e. The van der Waals surface area contributed by atoms with Crippen LogP contribution < -0.4 is 5.32 Å². The molecule has 0 radical (unpaired) electrons. The average molecular weight is 447 g/mol. The van der Waals surface area contributed by atoms with Crippen LogP contribution in [0.1, 0.15) is 45.1 Å². The molecule has 10 heteroatoms. The van der Waals surface area contributed by atoms with Crippen LogP contribution in [-0.4, -0.2) is 62.1 Å². The summed E-state index contributed by atoms with van der Waals surface area (Å²) >= 11 is 0. The van der Waals surface area contributed by atoms with Gasteiger partial charge in [-0.25, -0.2) is 22.0 Å². The predicted molar refractivity (Wildman–Crippen MR) is 108 cm³/mol. The van der Waals surface area contributed by atoms with Crippen molar-refractivity contribution >= 4 is 21.8 Å². The van der Waals surface area contributed by atoms with Crippen LogP contribution in [0, 0.1) is 11.6 Å². The summed E-state index contributed by atoms with van der Waals surface area (Å²) in [5.74, 6) is -3.29. The Morgan fingerprint density at radius 1 is 1.27 bits per heavy atom. The van der Waals surface area contributed by atoms with Crippen molar-refractivity contribution in [3.63, 3.8) is 0 Å². The van der Waals surface area contributed by atoms with Crippen LogP contribution in [0.25, 0.3) is 0 Å². The van der Waals surface area contributed by atoms with Gasteiger partial charge in [0, 0.05) is 25.3 Å². The third kappa shape index (κ3) is 6.93. The highest BCUT2D eigenvalue weighted by molar-refractivity contribution is 7.90. The summed E-state index contributed by atoms with van der Waals surface area (Å²) in [7, 11) is -3.36. The Bertz CT molecular complexity index is 899. The molecule has 0 aliphatic carbocycles. The Hall–Kier alpha value is -2.23. The number of amides is 2. The summed E-state index contributed by atoms with van der Waals surface area (Å²) in [4.78, 5) is 26.4. The third-order valence-electron chi connectivity index (χ3n) is 4.70. The van der Waals surface area contributed by atoms with Crippen molar-refractivity contribution in [2.45, 2.75) is 51.2 Å². The van der Waals surface area contributed by atoms with Crippen molar-refractivity contribution in [2.24, 2.45) is 0 Å². The fourth-order valence-corrected chi connectivity index (χ4v) is 3.86. The largest absolute Gasteiger partial charge is 0.444 e. The molecule has 2 amide bonds. The van der Waals surface area contributed by atoms with Gasteiger partial charge in [0.1, 0.15) is 21.5 Å². The molecule has 1 aliphatic rings. The summed E-state index contributed by atoms with van der Waals surface area (Å²) in [5, 5.41) is 2.52.